The van der Waals surface area contributed by atoms with Gasteiger partial charge in [-0.25, -0.2) is 0 Å². The summed E-state index contributed by atoms with van der Waals surface area (Å²) < 4.78 is 226. The number of unbranched alkanes of at least 4 members (excludes halogenated alkanes) is 13. The molecule has 0 heterocycles. The van der Waals surface area contributed by atoms with Crippen molar-refractivity contribution >= 4 is 27.5 Å². The van der Waals surface area contributed by atoms with Crippen LogP contribution in [-0.4, -0.2) is 71.6 Å². The second-order valence-corrected chi connectivity index (χ2v) is 13.7. The lowest BCUT2D eigenvalue weighted by molar-refractivity contribution is -0.459. The molecule has 0 saturated carbocycles. The molecule has 288 valence electrons. The van der Waals surface area contributed by atoms with Crippen LogP contribution in [0.2, 0.25) is 0 Å². The number of hydrogen-bond acceptors (Lipinski definition) is 3. The first-order chi connectivity index (χ1) is 21.7. The van der Waals surface area contributed by atoms with Crippen LogP contribution in [0.4, 0.5) is 74.6 Å². The Bertz CT molecular complexity index is 946. The smallest absolute Gasteiger partial charge is 0.350 e. The van der Waals surface area contributed by atoms with Crippen LogP contribution in [-0.2, 0) is 4.79 Å². The van der Waals surface area contributed by atoms with Crippen LogP contribution in [0.25, 0.3) is 0 Å². The van der Waals surface area contributed by atoms with Gasteiger partial charge in [-0.1, -0.05) is 112 Å². The highest BCUT2D eigenvalue weighted by Gasteiger charge is 2.95. The van der Waals surface area contributed by atoms with Crippen LogP contribution in [0.1, 0.15) is 96.8 Å². The molecule has 21 heteroatoms. The summed E-state index contributed by atoms with van der Waals surface area (Å²) in [5, 5.41) is 0.935. The van der Waals surface area contributed by atoms with Crippen LogP contribution >= 0.6 is 21.6 Å². The van der Waals surface area contributed by atoms with E-state index >= 15 is 0 Å². The molecule has 0 atom stereocenters. The Labute approximate surface area is 274 Å². The Hall–Kier alpha value is -1.02. The molecular weight excluding hydrogens is 741 g/mol. The molecule has 0 spiro atoms. The minimum atomic E-state index is -8.72. The van der Waals surface area contributed by atoms with Gasteiger partial charge in [-0.15, -0.1) is 0 Å². The SMILES string of the molecule is CCCCCCCCCCCCCCCCSSCCNC(=O)C(F)(F)C(F)(F)C(F)(F)C(F)(F)C(F)(F)C(F)(F)C(F)(F)C(F)(F)F. The summed E-state index contributed by atoms with van der Waals surface area (Å²) in [5.41, 5.74) is 0. The van der Waals surface area contributed by atoms with Crippen molar-refractivity contribution in [3.05, 3.63) is 0 Å². The number of nitrogens with one attached hydrogen (secondary N) is 1. The molecule has 0 rings (SSSR count). The maximum absolute atomic E-state index is 13.9. The zero-order chi connectivity index (χ0) is 37.7. The zero-order valence-corrected chi connectivity index (χ0v) is 27.3. The second-order valence-electron chi connectivity index (χ2n) is 11.0. The first-order valence-electron chi connectivity index (χ1n) is 15.0. The maximum Gasteiger partial charge on any atom is 0.460 e. The molecule has 1 amide bonds. The van der Waals surface area contributed by atoms with Gasteiger partial charge in [0, 0.05) is 18.1 Å². The number of alkyl halides is 17. The average Bonchev–Trinajstić information content (AvgIpc) is 2.96. The number of amides is 1. The van der Waals surface area contributed by atoms with Gasteiger partial charge < -0.3 is 5.32 Å². The van der Waals surface area contributed by atoms with Gasteiger partial charge >= 0.3 is 47.6 Å². The lowest BCUT2D eigenvalue weighted by Crippen LogP contribution is -2.75. The molecule has 0 fully saturated rings. The molecule has 0 aromatic carbocycles. The van der Waals surface area contributed by atoms with Gasteiger partial charge in [-0.2, -0.15) is 74.6 Å². The Morgan fingerprint density at radius 2 is 0.750 bits per heavy atom. The Balaban J connectivity index is 4.76. The summed E-state index contributed by atoms with van der Waals surface area (Å²) in [4.78, 5) is 11.5. The summed E-state index contributed by atoms with van der Waals surface area (Å²) in [6, 6.07) is 0. The average molecular weight is 780 g/mol. The predicted molar refractivity (Wildman–Crippen MR) is 149 cm³/mol. The van der Waals surface area contributed by atoms with Crippen molar-refractivity contribution in [2.75, 3.05) is 18.1 Å². The molecule has 0 aliphatic heterocycles. The second kappa shape index (κ2) is 19.0. The molecular formula is C27H38F17NOS2. The van der Waals surface area contributed by atoms with Crippen LogP contribution in [0.3, 0.4) is 0 Å². The third-order valence-corrected chi connectivity index (χ3v) is 9.64. The molecule has 0 radical (unpaired) electrons. The third-order valence-electron chi connectivity index (χ3n) is 7.14. The van der Waals surface area contributed by atoms with Gasteiger partial charge in [0.15, 0.2) is 0 Å². The van der Waals surface area contributed by atoms with Crippen molar-refractivity contribution < 1.29 is 79.4 Å². The fourth-order valence-electron chi connectivity index (χ4n) is 4.10. The highest BCUT2D eigenvalue weighted by molar-refractivity contribution is 8.76. The Morgan fingerprint density at radius 3 is 1.12 bits per heavy atom. The largest absolute Gasteiger partial charge is 0.460 e. The molecule has 0 aliphatic rings. The quantitative estimate of drug-likeness (QED) is 0.0539. The predicted octanol–water partition coefficient (Wildman–Crippen LogP) is 12.0. The van der Waals surface area contributed by atoms with Gasteiger partial charge in [0.1, 0.15) is 0 Å². The molecule has 48 heavy (non-hydrogen) atoms. The van der Waals surface area contributed by atoms with E-state index in [-0.39, 0.29) is 5.75 Å². The first kappa shape index (κ1) is 47.0. The van der Waals surface area contributed by atoms with Gasteiger partial charge in [0.05, 0.1) is 0 Å². The highest BCUT2D eigenvalue weighted by atomic mass is 33.1. The van der Waals surface area contributed by atoms with Crippen molar-refractivity contribution in [2.24, 2.45) is 0 Å². The van der Waals surface area contributed by atoms with E-state index in [0.717, 1.165) is 65.4 Å². The van der Waals surface area contributed by atoms with Crippen LogP contribution in [0.5, 0.6) is 0 Å². The van der Waals surface area contributed by atoms with Crippen LogP contribution in [0.15, 0.2) is 0 Å². The van der Waals surface area contributed by atoms with Gasteiger partial charge in [-0.05, 0) is 6.42 Å². The van der Waals surface area contributed by atoms with Gasteiger partial charge in [-0.3, -0.25) is 4.79 Å². The van der Waals surface area contributed by atoms with E-state index < -0.39 is 60.1 Å². The standard InChI is InChI=1S/C27H38F17NOS2/c1-2-3-4-5-6-7-8-9-10-11-12-13-14-15-17-47-48-18-16-45-19(46)20(28,29)21(30,31)22(32,33)23(34,35)24(36,37)25(38,39)26(40,41)27(42,43)44/h2-18H2,1H3,(H,45,46). The number of carbonyl (C=O) groups is 1. The van der Waals surface area contributed by atoms with Crippen molar-refractivity contribution in [3.63, 3.8) is 0 Å². The number of halogens is 17. The molecule has 0 bridgehead atoms. The van der Waals surface area contributed by atoms with Gasteiger partial charge in [0.2, 0.25) is 0 Å². The Kier molecular flexibility index (Phi) is 18.6. The molecule has 0 aromatic heterocycles. The molecule has 0 unspecified atom stereocenters. The number of hydrogen-bond donors (Lipinski definition) is 1. The maximum atomic E-state index is 13.9. The van der Waals surface area contributed by atoms with Crippen LogP contribution in [0, 0.1) is 0 Å². The summed E-state index contributed by atoms with van der Waals surface area (Å²) in [6.07, 6.45) is 7.72. The Morgan fingerprint density at radius 1 is 0.438 bits per heavy atom. The number of carbonyl (C=O) groups excluding carboxylic acids is 1. The van der Waals surface area contributed by atoms with E-state index in [2.05, 4.69) is 6.92 Å². The fraction of sp³-hybridized carbons (Fsp3) is 0.963. The minimum Gasteiger partial charge on any atom is -0.350 e. The number of rotatable bonds is 26. The first-order valence-corrected chi connectivity index (χ1v) is 17.5. The lowest BCUT2D eigenvalue weighted by Gasteiger charge is -2.42. The highest BCUT2D eigenvalue weighted by Crippen LogP contribution is 2.63. The summed E-state index contributed by atoms with van der Waals surface area (Å²) in [6.45, 7) is 1.15. The summed E-state index contributed by atoms with van der Waals surface area (Å²) in [7, 11) is 2.01. The minimum absolute atomic E-state index is 0.361. The molecule has 0 saturated heterocycles. The van der Waals surface area contributed by atoms with Crippen molar-refractivity contribution in [1.82, 2.24) is 5.32 Å². The lowest BCUT2D eigenvalue weighted by atomic mass is 9.89. The summed E-state index contributed by atoms with van der Waals surface area (Å²) >= 11 is 0. The van der Waals surface area contributed by atoms with Crippen molar-refractivity contribution in [1.29, 1.82) is 0 Å². The molecule has 0 aromatic rings. The van der Waals surface area contributed by atoms with Crippen molar-refractivity contribution in [2.45, 2.75) is 144 Å². The van der Waals surface area contributed by atoms with E-state index in [4.69, 9.17) is 0 Å². The van der Waals surface area contributed by atoms with E-state index in [1.807, 2.05) is 0 Å². The summed E-state index contributed by atoms with van der Waals surface area (Å²) in [5.74, 6) is -61.1. The van der Waals surface area contributed by atoms with Crippen molar-refractivity contribution in [3.8, 4) is 0 Å². The van der Waals surface area contributed by atoms with E-state index in [9.17, 15) is 79.4 Å². The van der Waals surface area contributed by atoms with Gasteiger partial charge in [0.25, 0.3) is 5.91 Å². The van der Waals surface area contributed by atoms with E-state index in [1.54, 1.807) is 0 Å². The third kappa shape index (κ3) is 11.0. The molecule has 2 nitrogen and oxygen atoms in total. The molecule has 1 N–H and O–H groups in total. The monoisotopic (exact) mass is 779 g/mol. The topological polar surface area (TPSA) is 29.1 Å². The van der Waals surface area contributed by atoms with E-state index in [1.165, 1.54) is 44.9 Å². The molecule has 0 aliphatic carbocycles. The van der Waals surface area contributed by atoms with Crippen LogP contribution < -0.4 is 5.32 Å². The zero-order valence-electron chi connectivity index (χ0n) is 25.7. The van der Waals surface area contributed by atoms with E-state index in [0.29, 0.717) is 12.2 Å². The fourth-order valence-corrected chi connectivity index (χ4v) is 6.15. The normalized spacial score (nSPS) is 14.5.